The fraction of sp³-hybridized carbons (Fsp3) is 0.263. The molecule has 0 aromatic heterocycles. The second kappa shape index (κ2) is 9.72. The predicted octanol–water partition coefficient (Wildman–Crippen LogP) is 0.699. The van der Waals surface area contributed by atoms with Crippen LogP contribution in [0.3, 0.4) is 0 Å². The highest BCUT2D eigenvalue weighted by atomic mass is 32.2. The summed E-state index contributed by atoms with van der Waals surface area (Å²) < 4.78 is 36.8. The number of morpholine rings is 1. The molecule has 2 aromatic carbocycles. The number of rotatable bonds is 6. The predicted molar refractivity (Wildman–Crippen MR) is 111 cm³/mol. The number of benzene rings is 2. The fourth-order valence-corrected chi connectivity index (χ4v) is 4.42. The van der Waals surface area contributed by atoms with Crippen LogP contribution in [0.5, 0.6) is 5.75 Å². The molecule has 170 valence electrons. The second-order valence-electron chi connectivity index (χ2n) is 6.60. The summed E-state index contributed by atoms with van der Waals surface area (Å²) in [4.78, 5) is 35.0. The largest absolute Gasteiger partial charge is 0.490 e. The maximum atomic E-state index is 12.8. The van der Waals surface area contributed by atoms with Gasteiger partial charge in [-0.25, -0.2) is 8.42 Å². The zero-order valence-electron chi connectivity index (χ0n) is 16.9. The molecule has 2 amide bonds. The van der Waals surface area contributed by atoms with Gasteiger partial charge in [-0.3, -0.25) is 30.6 Å². The SMILES string of the molecule is COc1ccc(C(=O)NNC(=O)c2cccc(S(=O)(=O)N3CCOCC3)c2)cc1[N+](=O)[O-]. The van der Waals surface area contributed by atoms with Crippen molar-refractivity contribution in [1.82, 2.24) is 15.2 Å². The first-order chi connectivity index (χ1) is 15.2. The maximum absolute atomic E-state index is 12.8. The van der Waals surface area contributed by atoms with Crippen LogP contribution < -0.4 is 15.6 Å². The molecular weight excluding hydrogens is 444 g/mol. The number of hydrogen-bond acceptors (Lipinski definition) is 8. The highest BCUT2D eigenvalue weighted by Crippen LogP contribution is 2.27. The summed E-state index contributed by atoms with van der Waals surface area (Å²) >= 11 is 0. The van der Waals surface area contributed by atoms with Crippen molar-refractivity contribution in [3.63, 3.8) is 0 Å². The first kappa shape index (κ1) is 23.1. The van der Waals surface area contributed by atoms with Crippen molar-refractivity contribution in [3.05, 3.63) is 63.7 Å². The summed E-state index contributed by atoms with van der Waals surface area (Å²) in [5.74, 6) is -1.59. The molecule has 0 spiro atoms. The minimum absolute atomic E-state index is 0.000320. The lowest BCUT2D eigenvalue weighted by Crippen LogP contribution is -2.42. The van der Waals surface area contributed by atoms with E-state index in [4.69, 9.17) is 9.47 Å². The molecule has 2 N–H and O–H groups in total. The van der Waals surface area contributed by atoms with Gasteiger partial charge < -0.3 is 9.47 Å². The van der Waals surface area contributed by atoms with Crippen molar-refractivity contribution in [2.45, 2.75) is 4.90 Å². The number of ether oxygens (including phenoxy) is 2. The average Bonchev–Trinajstić information content (AvgIpc) is 2.82. The minimum Gasteiger partial charge on any atom is -0.490 e. The van der Waals surface area contributed by atoms with Gasteiger partial charge in [-0.15, -0.1) is 0 Å². The van der Waals surface area contributed by atoms with E-state index in [1.807, 2.05) is 0 Å². The van der Waals surface area contributed by atoms with E-state index in [9.17, 15) is 28.1 Å². The van der Waals surface area contributed by atoms with E-state index in [0.29, 0.717) is 0 Å². The normalized spacial score (nSPS) is 14.4. The first-order valence-electron chi connectivity index (χ1n) is 9.35. The van der Waals surface area contributed by atoms with Crippen LogP contribution in [0.1, 0.15) is 20.7 Å². The Kier molecular flexibility index (Phi) is 7.02. The number of hydrogen-bond donors (Lipinski definition) is 2. The Bertz CT molecular complexity index is 1150. The topological polar surface area (TPSA) is 157 Å². The summed E-state index contributed by atoms with van der Waals surface area (Å²) in [6.45, 7) is 0.996. The number of carbonyl (C=O) groups is 2. The van der Waals surface area contributed by atoms with Crippen LogP contribution in [-0.4, -0.2) is 62.9 Å². The lowest BCUT2D eigenvalue weighted by Gasteiger charge is -2.26. The fourth-order valence-electron chi connectivity index (χ4n) is 2.97. The molecule has 0 radical (unpaired) electrons. The third kappa shape index (κ3) is 5.01. The van der Waals surface area contributed by atoms with E-state index in [0.717, 1.165) is 6.07 Å². The lowest BCUT2D eigenvalue weighted by atomic mass is 10.2. The second-order valence-corrected chi connectivity index (χ2v) is 8.53. The number of nitro benzene ring substituents is 1. The molecule has 2 aromatic rings. The van der Waals surface area contributed by atoms with Gasteiger partial charge in [-0.05, 0) is 30.3 Å². The Labute approximate surface area is 183 Å². The summed E-state index contributed by atoms with van der Waals surface area (Å²) in [6, 6.07) is 8.93. The Morgan fingerprint density at radius 2 is 1.69 bits per heavy atom. The van der Waals surface area contributed by atoms with Crippen LogP contribution in [-0.2, 0) is 14.8 Å². The molecular formula is C19H20N4O8S. The van der Waals surface area contributed by atoms with Crippen molar-refractivity contribution in [2.24, 2.45) is 0 Å². The number of methoxy groups -OCH3 is 1. The van der Waals surface area contributed by atoms with Gasteiger partial charge >= 0.3 is 5.69 Å². The Balaban J connectivity index is 1.70. The first-order valence-corrected chi connectivity index (χ1v) is 10.8. The molecule has 0 bridgehead atoms. The molecule has 13 heteroatoms. The molecule has 0 unspecified atom stereocenters. The van der Waals surface area contributed by atoms with Crippen molar-refractivity contribution in [2.75, 3.05) is 33.4 Å². The van der Waals surface area contributed by atoms with E-state index in [1.54, 1.807) is 0 Å². The van der Waals surface area contributed by atoms with Gasteiger partial charge in [0.2, 0.25) is 10.0 Å². The number of nitrogens with zero attached hydrogens (tertiary/aromatic N) is 2. The molecule has 32 heavy (non-hydrogen) atoms. The van der Waals surface area contributed by atoms with E-state index in [-0.39, 0.29) is 48.1 Å². The van der Waals surface area contributed by atoms with Crippen molar-refractivity contribution >= 4 is 27.5 Å². The Morgan fingerprint density at radius 3 is 2.28 bits per heavy atom. The van der Waals surface area contributed by atoms with E-state index < -0.39 is 32.4 Å². The Morgan fingerprint density at radius 1 is 1.06 bits per heavy atom. The lowest BCUT2D eigenvalue weighted by molar-refractivity contribution is -0.385. The van der Waals surface area contributed by atoms with Gasteiger partial charge in [0.05, 0.1) is 30.1 Å². The standard InChI is InChI=1S/C19H20N4O8S/c1-30-17-6-5-14(12-16(17)23(26)27)19(25)21-20-18(24)13-3-2-4-15(11-13)32(28,29)22-7-9-31-10-8-22/h2-6,11-12H,7-10H2,1H3,(H,20,24)(H,21,25). The summed E-state index contributed by atoms with van der Waals surface area (Å²) in [7, 11) is -2.54. The van der Waals surface area contributed by atoms with E-state index in [1.165, 1.54) is 47.8 Å². The highest BCUT2D eigenvalue weighted by molar-refractivity contribution is 7.89. The monoisotopic (exact) mass is 464 g/mol. The van der Waals surface area contributed by atoms with E-state index in [2.05, 4.69) is 10.9 Å². The van der Waals surface area contributed by atoms with Crippen LogP contribution in [0.15, 0.2) is 47.4 Å². The molecule has 0 atom stereocenters. The van der Waals surface area contributed by atoms with Crippen molar-refractivity contribution in [3.8, 4) is 5.75 Å². The third-order valence-electron chi connectivity index (χ3n) is 4.63. The molecule has 1 heterocycles. The summed E-state index contributed by atoms with van der Waals surface area (Å²) in [6.07, 6.45) is 0. The summed E-state index contributed by atoms with van der Waals surface area (Å²) in [5, 5.41) is 11.1. The van der Waals surface area contributed by atoms with Gasteiger partial charge in [-0.1, -0.05) is 6.07 Å². The quantitative estimate of drug-likeness (QED) is 0.467. The Hall–Kier alpha value is -3.55. The number of nitro groups is 1. The molecule has 0 saturated carbocycles. The number of carbonyl (C=O) groups excluding carboxylic acids is 2. The smallest absolute Gasteiger partial charge is 0.311 e. The van der Waals surface area contributed by atoms with E-state index >= 15 is 0 Å². The van der Waals surface area contributed by atoms with Gasteiger partial charge in [0.1, 0.15) is 0 Å². The number of amides is 2. The van der Waals surface area contributed by atoms with Crippen LogP contribution >= 0.6 is 0 Å². The number of hydrazine groups is 1. The molecule has 12 nitrogen and oxygen atoms in total. The average molecular weight is 464 g/mol. The highest BCUT2D eigenvalue weighted by Gasteiger charge is 2.27. The van der Waals surface area contributed by atoms with Gasteiger partial charge in [0.25, 0.3) is 11.8 Å². The molecule has 1 aliphatic heterocycles. The van der Waals surface area contributed by atoms with Crippen LogP contribution in [0.2, 0.25) is 0 Å². The van der Waals surface area contributed by atoms with Crippen LogP contribution in [0.25, 0.3) is 0 Å². The third-order valence-corrected chi connectivity index (χ3v) is 6.53. The van der Waals surface area contributed by atoms with Crippen LogP contribution in [0, 0.1) is 10.1 Å². The molecule has 1 aliphatic rings. The minimum atomic E-state index is -3.80. The molecule has 0 aliphatic carbocycles. The van der Waals surface area contributed by atoms with Gasteiger partial charge in [0, 0.05) is 30.3 Å². The zero-order chi connectivity index (χ0) is 23.3. The van der Waals surface area contributed by atoms with Crippen LogP contribution in [0.4, 0.5) is 5.69 Å². The van der Waals surface area contributed by atoms with Gasteiger partial charge in [0.15, 0.2) is 5.75 Å². The maximum Gasteiger partial charge on any atom is 0.311 e. The zero-order valence-corrected chi connectivity index (χ0v) is 17.8. The summed E-state index contributed by atoms with van der Waals surface area (Å²) in [5.41, 5.74) is 3.82. The van der Waals surface area contributed by atoms with Gasteiger partial charge in [-0.2, -0.15) is 4.31 Å². The molecule has 1 saturated heterocycles. The number of nitrogens with one attached hydrogen (secondary N) is 2. The van der Waals surface area contributed by atoms with Crippen molar-refractivity contribution < 1.29 is 32.4 Å². The molecule has 1 fully saturated rings. The number of sulfonamides is 1. The van der Waals surface area contributed by atoms with Crippen molar-refractivity contribution in [1.29, 1.82) is 0 Å². The molecule has 3 rings (SSSR count).